The number of benzene rings is 3. The highest BCUT2D eigenvalue weighted by Crippen LogP contribution is 2.29. The minimum atomic E-state index is -0.0556. The molecule has 0 radical (unpaired) electrons. The Morgan fingerprint density at radius 2 is 1.62 bits per heavy atom. The molecule has 0 spiro atoms. The summed E-state index contributed by atoms with van der Waals surface area (Å²) >= 11 is 1.56. The van der Waals surface area contributed by atoms with Crippen molar-refractivity contribution in [3.63, 3.8) is 0 Å². The van der Waals surface area contributed by atoms with Crippen molar-refractivity contribution in [2.45, 2.75) is 44.3 Å². The molecule has 1 aliphatic carbocycles. The van der Waals surface area contributed by atoms with Gasteiger partial charge in [0.15, 0.2) is 0 Å². The van der Waals surface area contributed by atoms with Gasteiger partial charge in [-0.05, 0) is 54.6 Å². The highest BCUT2D eigenvalue weighted by atomic mass is 32.1. The first kappa shape index (κ1) is 25.2. The molecular weight excluding hydrogens is 478 g/mol. The number of hydrogen-bond donors (Lipinski definition) is 1. The Kier molecular flexibility index (Phi) is 8.28. The van der Waals surface area contributed by atoms with E-state index in [1.165, 1.54) is 16.7 Å². The Hall–Kier alpha value is -3.48. The SMILES string of the molecule is COc1ccc(CN(CCC(c2ccccc2)c2ccccc2)Cc2nc(C(=O)NC3CC3)cs2)cc1. The molecule has 5 rings (SSSR count). The number of nitrogens with zero attached hydrogens (tertiary/aromatic N) is 2. The highest BCUT2D eigenvalue weighted by molar-refractivity contribution is 7.09. The monoisotopic (exact) mass is 511 g/mol. The summed E-state index contributed by atoms with van der Waals surface area (Å²) in [4.78, 5) is 19.6. The van der Waals surface area contributed by atoms with Crippen molar-refractivity contribution in [1.82, 2.24) is 15.2 Å². The minimum Gasteiger partial charge on any atom is -0.497 e. The molecule has 1 aromatic heterocycles. The number of hydrogen-bond acceptors (Lipinski definition) is 5. The third kappa shape index (κ3) is 7.06. The van der Waals surface area contributed by atoms with Crippen LogP contribution in [0.1, 0.15) is 57.4 Å². The molecule has 6 heteroatoms. The zero-order valence-corrected chi connectivity index (χ0v) is 22.0. The van der Waals surface area contributed by atoms with Crippen molar-refractivity contribution in [2.24, 2.45) is 0 Å². The van der Waals surface area contributed by atoms with E-state index in [2.05, 4.69) is 88.0 Å². The summed E-state index contributed by atoms with van der Waals surface area (Å²) in [6.45, 7) is 2.39. The standard InChI is InChI=1S/C31H33N3O2S/c1-36-27-16-12-23(13-17-27)20-34(21-30-33-29(22-37-30)31(35)32-26-14-15-26)19-18-28(24-8-4-2-5-9-24)25-10-6-3-7-11-25/h2-13,16-17,22,26,28H,14-15,18-21H2,1H3,(H,32,35). The van der Waals surface area contributed by atoms with Gasteiger partial charge in [0.2, 0.25) is 0 Å². The van der Waals surface area contributed by atoms with Crippen molar-refractivity contribution in [3.05, 3.63) is 118 Å². The fourth-order valence-corrected chi connectivity index (χ4v) is 5.39. The Bertz CT molecular complexity index is 1230. The van der Waals surface area contributed by atoms with Gasteiger partial charge in [-0.25, -0.2) is 4.98 Å². The summed E-state index contributed by atoms with van der Waals surface area (Å²) in [5.74, 6) is 1.10. The average Bonchev–Trinajstić information content (AvgIpc) is 3.64. The Labute approximate surface area is 223 Å². The molecule has 3 aromatic carbocycles. The molecule has 1 N–H and O–H groups in total. The number of thiazole rings is 1. The Morgan fingerprint density at radius 1 is 0.973 bits per heavy atom. The lowest BCUT2D eigenvalue weighted by Crippen LogP contribution is -2.27. The van der Waals surface area contributed by atoms with Crippen molar-refractivity contribution in [2.75, 3.05) is 13.7 Å². The lowest BCUT2D eigenvalue weighted by atomic mass is 9.88. The number of carbonyl (C=O) groups excluding carboxylic acids is 1. The maximum Gasteiger partial charge on any atom is 0.270 e. The summed E-state index contributed by atoms with van der Waals surface area (Å²) in [5.41, 5.74) is 4.40. The fourth-order valence-electron chi connectivity index (χ4n) is 4.58. The summed E-state index contributed by atoms with van der Waals surface area (Å²) in [7, 11) is 1.69. The quantitative estimate of drug-likeness (QED) is 0.244. The smallest absolute Gasteiger partial charge is 0.270 e. The molecule has 0 bridgehead atoms. The van der Waals surface area contributed by atoms with Crippen LogP contribution in [0.2, 0.25) is 0 Å². The van der Waals surface area contributed by atoms with Gasteiger partial charge in [-0.1, -0.05) is 72.8 Å². The number of rotatable bonds is 12. The molecule has 0 saturated heterocycles. The van der Waals surface area contributed by atoms with Crippen LogP contribution in [0.5, 0.6) is 5.75 Å². The molecule has 1 amide bonds. The van der Waals surface area contributed by atoms with Crippen LogP contribution in [0.25, 0.3) is 0 Å². The van der Waals surface area contributed by atoms with E-state index in [0.29, 0.717) is 24.2 Å². The Morgan fingerprint density at radius 3 is 2.22 bits per heavy atom. The van der Waals surface area contributed by atoms with Gasteiger partial charge >= 0.3 is 0 Å². The molecule has 1 heterocycles. The lowest BCUT2D eigenvalue weighted by Gasteiger charge is -2.25. The maximum absolute atomic E-state index is 12.5. The topological polar surface area (TPSA) is 54.5 Å². The van der Waals surface area contributed by atoms with Crippen LogP contribution in [-0.4, -0.2) is 35.5 Å². The summed E-state index contributed by atoms with van der Waals surface area (Å²) in [6, 6.07) is 30.1. The zero-order valence-electron chi connectivity index (χ0n) is 21.2. The molecule has 0 unspecified atom stereocenters. The summed E-state index contributed by atoms with van der Waals surface area (Å²) in [5, 5.41) is 5.89. The Balaban J connectivity index is 1.33. The van der Waals surface area contributed by atoms with Gasteiger partial charge in [-0.2, -0.15) is 0 Å². The minimum absolute atomic E-state index is 0.0556. The molecular formula is C31H33N3O2S. The fraction of sp³-hybridized carbons (Fsp3) is 0.290. The highest BCUT2D eigenvalue weighted by Gasteiger charge is 2.25. The first-order chi connectivity index (χ1) is 18.2. The van der Waals surface area contributed by atoms with Crippen LogP contribution in [0.3, 0.4) is 0 Å². The van der Waals surface area contributed by atoms with E-state index in [9.17, 15) is 4.79 Å². The summed E-state index contributed by atoms with van der Waals surface area (Å²) < 4.78 is 5.34. The van der Waals surface area contributed by atoms with E-state index in [0.717, 1.165) is 43.1 Å². The molecule has 1 saturated carbocycles. The largest absolute Gasteiger partial charge is 0.497 e. The molecule has 4 aromatic rings. The maximum atomic E-state index is 12.5. The first-order valence-corrected chi connectivity index (χ1v) is 13.8. The van der Waals surface area contributed by atoms with Crippen LogP contribution >= 0.6 is 11.3 Å². The third-order valence-electron chi connectivity index (χ3n) is 6.76. The van der Waals surface area contributed by atoms with Gasteiger partial charge in [0.05, 0.1) is 13.7 Å². The van der Waals surface area contributed by atoms with Crippen molar-refractivity contribution in [3.8, 4) is 5.75 Å². The van der Waals surface area contributed by atoms with E-state index in [-0.39, 0.29) is 5.91 Å². The number of carbonyl (C=O) groups is 1. The van der Waals surface area contributed by atoms with Crippen LogP contribution in [0, 0.1) is 0 Å². The molecule has 5 nitrogen and oxygen atoms in total. The second-order valence-electron chi connectivity index (χ2n) is 9.60. The van der Waals surface area contributed by atoms with Gasteiger partial charge < -0.3 is 10.1 Å². The van der Waals surface area contributed by atoms with Crippen LogP contribution in [0.15, 0.2) is 90.3 Å². The molecule has 37 heavy (non-hydrogen) atoms. The van der Waals surface area contributed by atoms with Gasteiger partial charge in [0, 0.05) is 23.9 Å². The van der Waals surface area contributed by atoms with Gasteiger partial charge in [-0.15, -0.1) is 11.3 Å². The molecule has 0 aliphatic heterocycles. The molecule has 1 fully saturated rings. The average molecular weight is 512 g/mol. The molecule has 1 aliphatic rings. The normalized spacial score (nSPS) is 13.2. The van der Waals surface area contributed by atoms with Gasteiger partial charge in [-0.3, -0.25) is 9.69 Å². The van der Waals surface area contributed by atoms with E-state index in [4.69, 9.17) is 4.74 Å². The predicted octanol–water partition coefficient (Wildman–Crippen LogP) is 6.27. The van der Waals surface area contributed by atoms with Crippen molar-refractivity contribution in [1.29, 1.82) is 0 Å². The van der Waals surface area contributed by atoms with Crippen LogP contribution < -0.4 is 10.1 Å². The van der Waals surface area contributed by atoms with E-state index >= 15 is 0 Å². The second kappa shape index (κ2) is 12.2. The third-order valence-corrected chi connectivity index (χ3v) is 7.59. The van der Waals surface area contributed by atoms with Gasteiger partial charge in [0.25, 0.3) is 5.91 Å². The second-order valence-corrected chi connectivity index (χ2v) is 10.5. The van der Waals surface area contributed by atoms with Crippen LogP contribution in [-0.2, 0) is 13.1 Å². The molecule has 0 atom stereocenters. The van der Waals surface area contributed by atoms with Crippen LogP contribution in [0.4, 0.5) is 0 Å². The summed E-state index contributed by atoms with van der Waals surface area (Å²) in [6.07, 6.45) is 3.12. The lowest BCUT2D eigenvalue weighted by molar-refractivity contribution is 0.0946. The van der Waals surface area contributed by atoms with Crippen molar-refractivity contribution < 1.29 is 9.53 Å². The number of aromatic nitrogens is 1. The zero-order chi connectivity index (χ0) is 25.5. The first-order valence-electron chi connectivity index (χ1n) is 12.9. The predicted molar refractivity (Wildman–Crippen MR) is 149 cm³/mol. The van der Waals surface area contributed by atoms with E-state index in [1.54, 1.807) is 18.4 Å². The van der Waals surface area contributed by atoms with Crippen molar-refractivity contribution >= 4 is 17.2 Å². The van der Waals surface area contributed by atoms with E-state index in [1.807, 2.05) is 17.5 Å². The van der Waals surface area contributed by atoms with E-state index < -0.39 is 0 Å². The number of ether oxygens (including phenoxy) is 1. The number of methoxy groups -OCH3 is 1. The molecule has 190 valence electrons. The number of amides is 1. The van der Waals surface area contributed by atoms with Gasteiger partial charge in [0.1, 0.15) is 16.5 Å². The number of nitrogens with one attached hydrogen (secondary N) is 1.